The Hall–Kier alpha value is -0.770. The molecule has 6 rings (SSSR count). The summed E-state index contributed by atoms with van der Waals surface area (Å²) < 4.78 is 18.3. The summed E-state index contributed by atoms with van der Waals surface area (Å²) in [4.78, 5) is 11.8. The van der Waals surface area contributed by atoms with Gasteiger partial charge in [-0.2, -0.15) is 0 Å². The van der Waals surface area contributed by atoms with E-state index in [4.69, 9.17) is 14.2 Å². The molecule has 0 aromatic heterocycles. The van der Waals surface area contributed by atoms with Gasteiger partial charge in [-0.25, -0.2) is 0 Å². The summed E-state index contributed by atoms with van der Waals surface area (Å²) in [7, 11) is 0. The number of aliphatic hydroxyl groups excluding tert-OH is 3. The molecule has 1 saturated heterocycles. The van der Waals surface area contributed by atoms with Crippen molar-refractivity contribution in [1.29, 1.82) is 0 Å². The molecule has 46 heavy (non-hydrogen) atoms. The van der Waals surface area contributed by atoms with E-state index in [1.54, 1.807) is 13.8 Å². The van der Waals surface area contributed by atoms with Crippen LogP contribution in [0.4, 0.5) is 0 Å². The number of fused-ring (bicyclic) bond motifs is 2. The minimum atomic E-state index is -1.15. The maximum absolute atomic E-state index is 11.9. The van der Waals surface area contributed by atoms with Crippen LogP contribution >= 0.6 is 0 Å². The fourth-order valence-electron chi connectivity index (χ4n) is 13.5. The van der Waals surface area contributed by atoms with E-state index in [2.05, 4.69) is 34.6 Å². The van der Waals surface area contributed by atoms with Crippen LogP contribution in [-0.2, 0) is 19.0 Å². The number of esters is 1. The molecular weight excluding hydrogens is 584 g/mol. The maximum Gasteiger partial charge on any atom is 0.303 e. The van der Waals surface area contributed by atoms with Gasteiger partial charge >= 0.3 is 5.97 Å². The minimum Gasteiger partial charge on any atom is -0.460 e. The SMILES string of the molecule is CC(=O)O[C@@H](CCC(C)C1[C@H](O)C(O)C2[C@@H]3CCC4C(C)(C)[C@@H](O[C@@H]5OCC[C@H](O)[C@H]5C)CCC45[C@@H](C)[C@@]35CC[C@]12C)C(C)(C)O. The first-order chi connectivity index (χ1) is 21.4. The molecule has 8 nitrogen and oxygen atoms in total. The second kappa shape index (κ2) is 11.7. The molecule has 0 aromatic carbocycles. The van der Waals surface area contributed by atoms with Gasteiger partial charge in [0.25, 0.3) is 0 Å². The predicted octanol–water partition coefficient (Wildman–Crippen LogP) is 5.47. The average molecular weight is 649 g/mol. The van der Waals surface area contributed by atoms with E-state index in [1.807, 2.05) is 6.92 Å². The Labute approximate surface area is 277 Å². The van der Waals surface area contributed by atoms with Crippen LogP contribution in [0.1, 0.15) is 120 Å². The van der Waals surface area contributed by atoms with Gasteiger partial charge in [0.2, 0.25) is 0 Å². The molecule has 0 radical (unpaired) electrons. The normalized spacial score (nSPS) is 50.8. The molecule has 16 atom stereocenters. The number of rotatable bonds is 8. The molecule has 6 aliphatic rings. The molecular formula is C38H64O8. The lowest BCUT2D eigenvalue weighted by Gasteiger charge is -2.60. The standard InChI is InChI=1S/C38H64O8/c1-20(10-13-28(35(7,8)43)45-23(4)39)29-31(41)32(42)30-24-11-12-26-34(5,6)27(46-33-21(2)25(40)15-19-44-33)14-16-38(26)22(3)37(24,38)18-17-36(29,30)9/h20-22,24-33,40-43H,10-19H2,1-9H3/t20?,21-,22+,24+,25+,26?,27+,28+,29?,30?,31+,32?,33+,36-,37+,38?/m1/s1. The molecule has 2 spiro atoms. The summed E-state index contributed by atoms with van der Waals surface area (Å²) in [5.41, 5.74) is -0.943. The van der Waals surface area contributed by atoms with E-state index in [0.29, 0.717) is 43.6 Å². The largest absolute Gasteiger partial charge is 0.460 e. The third-order valence-corrected chi connectivity index (χ3v) is 15.7. The van der Waals surface area contributed by atoms with Crippen LogP contribution < -0.4 is 0 Å². The quantitative estimate of drug-likeness (QED) is 0.202. The summed E-state index contributed by atoms with van der Waals surface area (Å²) in [6.45, 7) is 19.1. The van der Waals surface area contributed by atoms with Crippen LogP contribution in [0.2, 0.25) is 0 Å². The number of ether oxygens (including phenoxy) is 3. The average Bonchev–Trinajstić information content (AvgIpc) is 3.41. The Morgan fingerprint density at radius 3 is 2.30 bits per heavy atom. The zero-order chi connectivity index (χ0) is 33.8. The molecule has 0 aromatic rings. The Kier molecular flexibility index (Phi) is 8.88. The molecule has 1 aliphatic heterocycles. The lowest BCUT2D eigenvalue weighted by atomic mass is 9.46. The molecule has 0 bridgehead atoms. The number of carbonyl (C=O) groups is 1. The van der Waals surface area contributed by atoms with Crippen LogP contribution in [0, 0.1) is 63.1 Å². The van der Waals surface area contributed by atoms with E-state index in [0.717, 1.165) is 38.5 Å². The van der Waals surface area contributed by atoms with Crippen LogP contribution in [0.3, 0.4) is 0 Å². The first kappa shape index (κ1) is 35.1. The maximum atomic E-state index is 11.9. The lowest BCUT2D eigenvalue weighted by molar-refractivity contribution is -0.268. The van der Waals surface area contributed by atoms with E-state index >= 15 is 0 Å². The molecule has 6 fully saturated rings. The zero-order valence-corrected chi connectivity index (χ0v) is 30.0. The highest BCUT2D eigenvalue weighted by Crippen LogP contribution is 2.89. The van der Waals surface area contributed by atoms with Crippen molar-refractivity contribution in [2.24, 2.45) is 63.1 Å². The Balaban J connectivity index is 1.21. The van der Waals surface area contributed by atoms with E-state index in [9.17, 15) is 25.2 Å². The molecule has 0 amide bonds. The monoisotopic (exact) mass is 648 g/mol. The summed E-state index contributed by atoms with van der Waals surface area (Å²) in [5, 5.41) is 44.8. The van der Waals surface area contributed by atoms with Gasteiger partial charge in [-0.05, 0) is 129 Å². The van der Waals surface area contributed by atoms with Gasteiger partial charge in [0.1, 0.15) is 6.10 Å². The van der Waals surface area contributed by atoms with Gasteiger partial charge in [0, 0.05) is 12.8 Å². The summed E-state index contributed by atoms with van der Waals surface area (Å²) >= 11 is 0. The summed E-state index contributed by atoms with van der Waals surface area (Å²) in [6, 6.07) is 0. The molecule has 5 saturated carbocycles. The summed E-state index contributed by atoms with van der Waals surface area (Å²) in [6.07, 6.45) is 5.51. The van der Waals surface area contributed by atoms with Crippen LogP contribution in [-0.4, -0.2) is 75.4 Å². The highest BCUT2D eigenvalue weighted by atomic mass is 16.7. The highest BCUT2D eigenvalue weighted by Gasteiger charge is 2.85. The zero-order valence-electron chi connectivity index (χ0n) is 30.0. The van der Waals surface area contributed by atoms with E-state index in [-0.39, 0.29) is 63.8 Å². The number of hydrogen-bond donors (Lipinski definition) is 4. The van der Waals surface area contributed by atoms with Gasteiger partial charge in [-0.15, -0.1) is 0 Å². The van der Waals surface area contributed by atoms with Crippen molar-refractivity contribution in [3.05, 3.63) is 0 Å². The molecule has 264 valence electrons. The van der Waals surface area contributed by atoms with Crippen LogP contribution in [0.25, 0.3) is 0 Å². The Bertz CT molecular complexity index is 1150. The molecule has 4 N–H and O–H groups in total. The number of hydrogen-bond acceptors (Lipinski definition) is 8. The van der Waals surface area contributed by atoms with Crippen molar-refractivity contribution < 1.29 is 39.4 Å². The minimum absolute atomic E-state index is 0.0307. The van der Waals surface area contributed by atoms with Crippen molar-refractivity contribution in [2.75, 3.05) is 6.61 Å². The van der Waals surface area contributed by atoms with Crippen molar-refractivity contribution >= 4 is 5.97 Å². The number of carbonyl (C=O) groups excluding carboxylic acids is 1. The predicted molar refractivity (Wildman–Crippen MR) is 174 cm³/mol. The van der Waals surface area contributed by atoms with Gasteiger partial charge in [0.15, 0.2) is 6.29 Å². The van der Waals surface area contributed by atoms with Gasteiger partial charge < -0.3 is 34.6 Å². The second-order valence-corrected chi connectivity index (χ2v) is 18.3. The first-order valence-corrected chi connectivity index (χ1v) is 18.6. The topological polar surface area (TPSA) is 126 Å². The van der Waals surface area contributed by atoms with Crippen molar-refractivity contribution in [1.82, 2.24) is 0 Å². The van der Waals surface area contributed by atoms with Crippen LogP contribution in [0.5, 0.6) is 0 Å². The third kappa shape index (κ3) is 4.92. The van der Waals surface area contributed by atoms with E-state index in [1.165, 1.54) is 6.92 Å². The second-order valence-electron chi connectivity index (χ2n) is 18.3. The third-order valence-electron chi connectivity index (χ3n) is 15.7. The molecule has 6 unspecified atom stereocenters. The number of aliphatic hydroxyl groups is 4. The van der Waals surface area contributed by atoms with Gasteiger partial charge in [-0.1, -0.05) is 41.5 Å². The smallest absolute Gasteiger partial charge is 0.303 e. The highest BCUT2D eigenvalue weighted by molar-refractivity contribution is 5.66. The molecule has 8 heteroatoms. The fourth-order valence-corrected chi connectivity index (χ4v) is 13.5. The fraction of sp³-hybridized carbons (Fsp3) is 0.974. The van der Waals surface area contributed by atoms with Crippen molar-refractivity contribution in [3.63, 3.8) is 0 Å². The molecule has 5 aliphatic carbocycles. The van der Waals surface area contributed by atoms with Gasteiger partial charge in [-0.3, -0.25) is 4.79 Å². The Morgan fingerprint density at radius 1 is 0.957 bits per heavy atom. The van der Waals surface area contributed by atoms with Crippen LogP contribution in [0.15, 0.2) is 0 Å². The molecule has 1 heterocycles. The van der Waals surface area contributed by atoms with Crippen molar-refractivity contribution in [2.45, 2.75) is 163 Å². The first-order valence-electron chi connectivity index (χ1n) is 18.6. The lowest BCUT2D eigenvalue weighted by Crippen LogP contribution is -2.56. The summed E-state index contributed by atoms with van der Waals surface area (Å²) in [5.74, 6) is 1.15. The van der Waals surface area contributed by atoms with Gasteiger partial charge in [0.05, 0.1) is 36.6 Å². The van der Waals surface area contributed by atoms with Crippen molar-refractivity contribution in [3.8, 4) is 0 Å². The Morgan fingerprint density at radius 2 is 1.65 bits per heavy atom. The van der Waals surface area contributed by atoms with E-state index < -0.39 is 29.9 Å².